The predicted octanol–water partition coefficient (Wildman–Crippen LogP) is 7.17. The lowest BCUT2D eigenvalue weighted by Gasteiger charge is -2.35. The number of benzene rings is 2. The van der Waals surface area contributed by atoms with Crippen molar-refractivity contribution in [2.24, 2.45) is 17.8 Å². The summed E-state index contributed by atoms with van der Waals surface area (Å²) in [5.41, 5.74) is 1.54. The largest absolute Gasteiger partial charge is 0.573 e. The first-order valence-corrected chi connectivity index (χ1v) is 14.4. The molecule has 0 spiro atoms. The summed E-state index contributed by atoms with van der Waals surface area (Å²) in [7, 11) is 0. The average molecular weight is 587 g/mol. The third-order valence-corrected chi connectivity index (χ3v) is 9.29. The minimum absolute atomic E-state index is 0.00402. The Morgan fingerprint density at radius 1 is 1.12 bits per heavy atom. The SMILES string of the molecule is O=C(O)c1ccc(N2CCCC3CC2CC2C(OCc4c(-c5ccccc5OC(F)(F)F)noc4C4CC4)C32)c(F)c1. The summed E-state index contributed by atoms with van der Waals surface area (Å²) in [5, 5.41) is 13.4. The van der Waals surface area contributed by atoms with Crippen molar-refractivity contribution in [1.82, 2.24) is 5.16 Å². The van der Waals surface area contributed by atoms with Gasteiger partial charge in [0.25, 0.3) is 0 Å². The van der Waals surface area contributed by atoms with E-state index in [0.29, 0.717) is 47.0 Å². The molecule has 3 aromatic rings. The lowest BCUT2D eigenvalue weighted by Crippen LogP contribution is -2.38. The predicted molar refractivity (Wildman–Crippen MR) is 143 cm³/mol. The van der Waals surface area contributed by atoms with Crippen molar-refractivity contribution in [3.05, 3.63) is 65.2 Å². The van der Waals surface area contributed by atoms with Crippen LogP contribution in [0.3, 0.4) is 0 Å². The van der Waals surface area contributed by atoms with Crippen molar-refractivity contribution in [3.8, 4) is 17.0 Å². The highest BCUT2D eigenvalue weighted by atomic mass is 19.4. The van der Waals surface area contributed by atoms with Crippen LogP contribution in [-0.4, -0.2) is 41.3 Å². The number of carboxylic acid groups (broad SMARTS) is 1. The number of nitrogens with zero attached hydrogens (tertiary/aromatic N) is 2. The van der Waals surface area contributed by atoms with E-state index in [4.69, 9.17) is 9.26 Å². The first-order valence-electron chi connectivity index (χ1n) is 14.4. The maximum Gasteiger partial charge on any atom is 0.573 e. The molecule has 2 bridgehead atoms. The molecule has 5 unspecified atom stereocenters. The van der Waals surface area contributed by atoms with Crippen molar-refractivity contribution in [3.63, 3.8) is 0 Å². The molecule has 1 aromatic heterocycles. The molecule has 42 heavy (non-hydrogen) atoms. The van der Waals surface area contributed by atoms with E-state index in [2.05, 4.69) is 14.8 Å². The minimum Gasteiger partial charge on any atom is -0.478 e. The van der Waals surface area contributed by atoms with Gasteiger partial charge in [-0.15, -0.1) is 13.2 Å². The second-order valence-electron chi connectivity index (χ2n) is 11.9. The molecule has 5 atom stereocenters. The van der Waals surface area contributed by atoms with E-state index >= 15 is 4.39 Å². The van der Waals surface area contributed by atoms with Crippen LogP contribution in [-0.2, 0) is 11.3 Å². The Kier molecular flexibility index (Phi) is 6.67. The summed E-state index contributed by atoms with van der Waals surface area (Å²) >= 11 is 0. The molecule has 222 valence electrons. The first-order chi connectivity index (χ1) is 20.2. The number of aromatic carboxylic acids is 1. The highest BCUT2D eigenvalue weighted by Crippen LogP contribution is 2.58. The number of anilines is 1. The molecule has 4 aliphatic rings. The third-order valence-electron chi connectivity index (χ3n) is 9.29. The van der Waals surface area contributed by atoms with Crippen molar-refractivity contribution >= 4 is 11.7 Å². The summed E-state index contributed by atoms with van der Waals surface area (Å²) in [6, 6.07) is 10.1. The Morgan fingerprint density at radius 2 is 1.93 bits per heavy atom. The van der Waals surface area contributed by atoms with Crippen molar-refractivity contribution in [1.29, 1.82) is 0 Å². The Balaban J connectivity index is 1.09. The normalized spacial score (nSPS) is 26.9. The molecule has 1 aliphatic heterocycles. The van der Waals surface area contributed by atoms with Crippen molar-refractivity contribution in [2.75, 3.05) is 11.4 Å². The summed E-state index contributed by atoms with van der Waals surface area (Å²) in [6.45, 7) is 0.888. The number of hydrogen-bond donors (Lipinski definition) is 1. The van der Waals surface area contributed by atoms with E-state index in [1.165, 1.54) is 18.2 Å². The Morgan fingerprint density at radius 3 is 2.67 bits per heavy atom. The fraction of sp³-hybridized carbons (Fsp3) is 0.484. The van der Waals surface area contributed by atoms with Crippen LogP contribution in [0.25, 0.3) is 11.3 Å². The lowest BCUT2D eigenvalue weighted by atomic mass is 9.84. The monoisotopic (exact) mass is 586 g/mol. The Labute approximate surface area is 239 Å². The molecule has 7 rings (SSSR count). The fourth-order valence-corrected chi connectivity index (χ4v) is 7.28. The van der Waals surface area contributed by atoms with E-state index in [0.717, 1.165) is 44.6 Å². The summed E-state index contributed by atoms with van der Waals surface area (Å²) < 4.78 is 70.8. The van der Waals surface area contributed by atoms with Gasteiger partial charge < -0.3 is 24.0 Å². The minimum atomic E-state index is -4.84. The van der Waals surface area contributed by atoms with Gasteiger partial charge in [-0.3, -0.25) is 0 Å². The van der Waals surface area contributed by atoms with Crippen LogP contribution >= 0.6 is 0 Å². The fourth-order valence-electron chi connectivity index (χ4n) is 7.28. The third kappa shape index (κ3) is 5.12. The van der Waals surface area contributed by atoms with Gasteiger partial charge in [0.1, 0.15) is 23.0 Å². The molecule has 2 aromatic carbocycles. The van der Waals surface area contributed by atoms with Gasteiger partial charge >= 0.3 is 12.3 Å². The van der Waals surface area contributed by atoms with Crippen molar-refractivity contribution in [2.45, 2.75) is 69.6 Å². The summed E-state index contributed by atoms with van der Waals surface area (Å²) in [5.74, 6) is -0.0727. The van der Waals surface area contributed by atoms with E-state index in [1.807, 2.05) is 0 Å². The average Bonchev–Trinajstić information content (AvgIpc) is 3.87. The van der Waals surface area contributed by atoms with E-state index in [1.54, 1.807) is 18.2 Å². The lowest BCUT2D eigenvalue weighted by molar-refractivity contribution is -0.274. The van der Waals surface area contributed by atoms with Crippen LogP contribution in [0.5, 0.6) is 5.75 Å². The number of hydrogen-bond acceptors (Lipinski definition) is 6. The van der Waals surface area contributed by atoms with Gasteiger partial charge in [-0.2, -0.15) is 0 Å². The quantitative estimate of drug-likeness (QED) is 0.280. The zero-order chi connectivity index (χ0) is 29.2. The highest BCUT2D eigenvalue weighted by molar-refractivity contribution is 5.88. The summed E-state index contributed by atoms with van der Waals surface area (Å²) in [4.78, 5) is 13.4. The highest BCUT2D eigenvalue weighted by Gasteiger charge is 2.59. The van der Waals surface area contributed by atoms with Crippen LogP contribution in [0.1, 0.15) is 66.1 Å². The van der Waals surface area contributed by atoms with Gasteiger partial charge in [-0.25, -0.2) is 9.18 Å². The molecule has 1 N–H and O–H groups in total. The molecule has 3 aliphatic carbocycles. The molecule has 7 nitrogen and oxygen atoms in total. The van der Waals surface area contributed by atoms with Crippen LogP contribution in [0.4, 0.5) is 23.2 Å². The molecule has 0 radical (unpaired) electrons. The van der Waals surface area contributed by atoms with Gasteiger partial charge in [0.2, 0.25) is 0 Å². The molecule has 0 amide bonds. The van der Waals surface area contributed by atoms with E-state index in [-0.39, 0.29) is 41.5 Å². The smallest absolute Gasteiger partial charge is 0.478 e. The topological polar surface area (TPSA) is 85.0 Å². The molecule has 11 heteroatoms. The molecule has 2 heterocycles. The van der Waals surface area contributed by atoms with Gasteiger partial charge in [0, 0.05) is 29.6 Å². The molecule has 3 saturated carbocycles. The van der Waals surface area contributed by atoms with Crippen molar-refractivity contribution < 1.29 is 41.5 Å². The first kappa shape index (κ1) is 27.2. The molecular weight excluding hydrogens is 556 g/mol. The number of aromatic nitrogens is 1. The van der Waals surface area contributed by atoms with Crippen LogP contribution in [0.2, 0.25) is 0 Å². The maximum atomic E-state index is 15.0. The number of carbonyl (C=O) groups is 1. The maximum absolute atomic E-state index is 15.0. The second-order valence-corrected chi connectivity index (χ2v) is 11.9. The standard InChI is InChI=1S/C31H30F4N2O5/c32-23-13-18(30(38)39)9-10-24(23)37-11-3-4-17-12-19(37)14-21-26(17)29(21)40-15-22-27(36-42-28(22)16-7-8-16)20-5-1-2-6-25(20)41-31(33,34)35/h1-2,5-6,9-10,13,16-17,19,21,26,29H,3-4,7-8,11-12,14-15H2,(H,38,39). The van der Waals surface area contributed by atoms with Gasteiger partial charge in [-0.05, 0) is 86.6 Å². The van der Waals surface area contributed by atoms with E-state index < -0.39 is 18.1 Å². The van der Waals surface area contributed by atoms with Gasteiger partial charge in [0.15, 0.2) is 0 Å². The number of para-hydroxylation sites is 1. The Bertz CT molecular complexity index is 1500. The van der Waals surface area contributed by atoms with Crippen LogP contribution in [0, 0.1) is 23.6 Å². The van der Waals surface area contributed by atoms with Gasteiger partial charge in [-0.1, -0.05) is 17.3 Å². The molecule has 1 saturated heterocycles. The number of halogens is 4. The second kappa shape index (κ2) is 10.3. The number of alkyl halides is 3. The zero-order valence-corrected chi connectivity index (χ0v) is 22.6. The number of rotatable bonds is 8. The number of carboxylic acids is 1. The number of ether oxygens (including phenoxy) is 2. The van der Waals surface area contributed by atoms with Crippen LogP contribution < -0.4 is 9.64 Å². The number of fused-ring (bicyclic) bond motifs is 4. The van der Waals surface area contributed by atoms with E-state index in [9.17, 15) is 23.1 Å². The van der Waals surface area contributed by atoms with Gasteiger partial charge in [0.05, 0.1) is 24.0 Å². The molecular formula is C31H30F4N2O5. The Hall–Kier alpha value is -3.60. The summed E-state index contributed by atoms with van der Waals surface area (Å²) in [6.07, 6.45) is 0.656. The molecule has 4 fully saturated rings. The zero-order valence-electron chi connectivity index (χ0n) is 22.6. The van der Waals surface area contributed by atoms with Crippen LogP contribution in [0.15, 0.2) is 47.0 Å².